The lowest BCUT2D eigenvalue weighted by Crippen LogP contribution is -2.37. The molecule has 1 aliphatic carbocycles. The summed E-state index contributed by atoms with van der Waals surface area (Å²) in [4.78, 5) is 12.5. The van der Waals surface area contributed by atoms with Crippen LogP contribution in [-0.2, 0) is 17.6 Å². The zero-order valence-corrected chi connectivity index (χ0v) is 15.6. The zero-order valence-electron chi connectivity index (χ0n) is 15.6. The van der Waals surface area contributed by atoms with E-state index in [1.807, 2.05) is 32.0 Å². The lowest BCUT2D eigenvalue weighted by molar-refractivity contribution is -0.127. The summed E-state index contributed by atoms with van der Waals surface area (Å²) in [6, 6.07) is 12.5. The minimum Gasteiger partial charge on any atom is -0.481 e. The van der Waals surface area contributed by atoms with Crippen molar-refractivity contribution in [2.45, 2.75) is 59.1 Å². The highest BCUT2D eigenvalue weighted by Crippen LogP contribution is 2.25. The first-order chi connectivity index (χ1) is 11.9. The summed E-state index contributed by atoms with van der Waals surface area (Å²) < 4.78 is 5.81. The van der Waals surface area contributed by atoms with E-state index in [-0.39, 0.29) is 11.9 Å². The zero-order chi connectivity index (χ0) is 18.0. The summed E-state index contributed by atoms with van der Waals surface area (Å²) in [7, 11) is 0. The molecule has 0 bridgehead atoms. The Bertz CT molecular complexity index is 782. The summed E-state index contributed by atoms with van der Waals surface area (Å²) >= 11 is 0. The summed E-state index contributed by atoms with van der Waals surface area (Å²) in [5.41, 5.74) is 6.42. The first-order valence-electron chi connectivity index (χ1n) is 9.10. The van der Waals surface area contributed by atoms with Gasteiger partial charge in [-0.25, -0.2) is 0 Å². The number of ether oxygens (including phenoxy) is 1. The van der Waals surface area contributed by atoms with E-state index in [4.69, 9.17) is 4.74 Å². The van der Waals surface area contributed by atoms with Crippen molar-refractivity contribution in [3.63, 3.8) is 0 Å². The number of amides is 1. The van der Waals surface area contributed by atoms with Gasteiger partial charge in [-0.1, -0.05) is 24.3 Å². The number of carbonyl (C=O) groups is 1. The van der Waals surface area contributed by atoms with Crippen molar-refractivity contribution in [1.29, 1.82) is 0 Å². The van der Waals surface area contributed by atoms with Crippen molar-refractivity contribution in [3.8, 4) is 5.75 Å². The van der Waals surface area contributed by atoms with Gasteiger partial charge in [0.05, 0.1) is 6.04 Å². The fourth-order valence-electron chi connectivity index (χ4n) is 3.32. The van der Waals surface area contributed by atoms with Gasteiger partial charge >= 0.3 is 0 Å². The number of hydrogen-bond donors (Lipinski definition) is 1. The molecule has 3 heteroatoms. The largest absolute Gasteiger partial charge is 0.481 e. The van der Waals surface area contributed by atoms with Gasteiger partial charge in [0.1, 0.15) is 5.75 Å². The molecule has 2 atom stereocenters. The van der Waals surface area contributed by atoms with Crippen LogP contribution in [0.1, 0.15) is 54.1 Å². The Morgan fingerprint density at radius 2 is 1.76 bits per heavy atom. The van der Waals surface area contributed by atoms with Gasteiger partial charge in [0, 0.05) is 0 Å². The molecule has 1 aliphatic rings. The highest BCUT2D eigenvalue weighted by atomic mass is 16.5. The van der Waals surface area contributed by atoms with Crippen molar-refractivity contribution < 1.29 is 9.53 Å². The van der Waals surface area contributed by atoms with Gasteiger partial charge in [0.15, 0.2) is 6.10 Å². The number of benzene rings is 2. The van der Waals surface area contributed by atoms with Gasteiger partial charge in [0.2, 0.25) is 0 Å². The Labute approximate surface area is 150 Å². The number of nitrogens with one attached hydrogen (secondary N) is 1. The Morgan fingerprint density at radius 1 is 1.00 bits per heavy atom. The maximum Gasteiger partial charge on any atom is 0.261 e. The quantitative estimate of drug-likeness (QED) is 0.876. The molecule has 3 nitrogen and oxygen atoms in total. The molecule has 0 aliphatic heterocycles. The van der Waals surface area contributed by atoms with Crippen LogP contribution >= 0.6 is 0 Å². The molecule has 1 amide bonds. The molecule has 0 spiro atoms. The third-order valence-corrected chi connectivity index (χ3v) is 5.14. The second kappa shape index (κ2) is 7.30. The van der Waals surface area contributed by atoms with Gasteiger partial charge in [-0.15, -0.1) is 0 Å². The third-order valence-electron chi connectivity index (χ3n) is 5.14. The maximum atomic E-state index is 12.5. The normalized spacial score (nSPS) is 15.4. The number of hydrogen-bond acceptors (Lipinski definition) is 2. The van der Waals surface area contributed by atoms with E-state index in [9.17, 15) is 4.79 Å². The lowest BCUT2D eigenvalue weighted by Gasteiger charge is -2.20. The van der Waals surface area contributed by atoms with Crippen LogP contribution in [0.25, 0.3) is 0 Å². The van der Waals surface area contributed by atoms with Crippen LogP contribution in [0.5, 0.6) is 5.75 Å². The van der Waals surface area contributed by atoms with Crippen molar-refractivity contribution in [2.24, 2.45) is 0 Å². The first-order valence-corrected chi connectivity index (χ1v) is 9.10. The molecule has 2 aromatic rings. The highest BCUT2D eigenvalue weighted by Gasteiger charge is 2.19. The smallest absolute Gasteiger partial charge is 0.261 e. The lowest BCUT2D eigenvalue weighted by atomic mass is 10.0. The molecule has 1 N–H and O–H groups in total. The summed E-state index contributed by atoms with van der Waals surface area (Å²) in [5, 5.41) is 3.07. The first kappa shape index (κ1) is 17.5. The molecule has 0 saturated heterocycles. The molecule has 0 fully saturated rings. The molecule has 2 aromatic carbocycles. The summed E-state index contributed by atoms with van der Waals surface area (Å²) in [5.74, 6) is 0.641. The Hall–Kier alpha value is -2.29. The van der Waals surface area contributed by atoms with Crippen LogP contribution < -0.4 is 10.1 Å². The highest BCUT2D eigenvalue weighted by molar-refractivity contribution is 5.81. The van der Waals surface area contributed by atoms with Crippen molar-refractivity contribution in [2.75, 3.05) is 0 Å². The Kier molecular flexibility index (Phi) is 5.12. The summed E-state index contributed by atoms with van der Waals surface area (Å²) in [6.07, 6.45) is 3.03. The number of aryl methyl sites for hydroxylation is 4. The monoisotopic (exact) mass is 337 g/mol. The predicted molar refractivity (Wildman–Crippen MR) is 101 cm³/mol. The minimum atomic E-state index is -0.529. The molecule has 0 heterocycles. The second-order valence-electron chi connectivity index (χ2n) is 7.12. The molecular formula is C22H27NO2. The van der Waals surface area contributed by atoms with Crippen LogP contribution in [0.4, 0.5) is 0 Å². The van der Waals surface area contributed by atoms with E-state index in [1.165, 1.54) is 29.5 Å². The molecular weight excluding hydrogens is 310 g/mol. The molecule has 25 heavy (non-hydrogen) atoms. The average Bonchev–Trinajstić information content (AvgIpc) is 3.05. The summed E-state index contributed by atoms with van der Waals surface area (Å²) in [6.45, 7) is 7.92. The molecule has 132 valence electrons. The third kappa shape index (κ3) is 4.04. The number of fused-ring (bicyclic) bond motifs is 1. The van der Waals surface area contributed by atoms with Crippen LogP contribution in [0.2, 0.25) is 0 Å². The number of rotatable bonds is 5. The van der Waals surface area contributed by atoms with E-state index in [1.54, 1.807) is 6.92 Å². The van der Waals surface area contributed by atoms with E-state index in [0.717, 1.165) is 23.3 Å². The Morgan fingerprint density at radius 3 is 2.52 bits per heavy atom. The standard InChI is InChI=1S/C22H27NO2/c1-14-8-11-21(12-15(14)2)25-17(4)22(24)23-16(3)19-10-9-18-6-5-7-20(18)13-19/h8-13,16-17H,5-7H2,1-4H3,(H,23,24). The van der Waals surface area contributed by atoms with E-state index in [0.29, 0.717) is 0 Å². The average molecular weight is 337 g/mol. The topological polar surface area (TPSA) is 38.3 Å². The second-order valence-corrected chi connectivity index (χ2v) is 7.12. The van der Waals surface area contributed by atoms with Crippen LogP contribution in [0.15, 0.2) is 36.4 Å². The van der Waals surface area contributed by atoms with Gasteiger partial charge in [-0.2, -0.15) is 0 Å². The molecule has 3 rings (SSSR count). The van der Waals surface area contributed by atoms with Crippen LogP contribution in [-0.4, -0.2) is 12.0 Å². The van der Waals surface area contributed by atoms with E-state index < -0.39 is 6.10 Å². The van der Waals surface area contributed by atoms with Crippen molar-refractivity contribution in [3.05, 3.63) is 64.2 Å². The molecule has 2 unspecified atom stereocenters. The molecule has 0 radical (unpaired) electrons. The Balaban J connectivity index is 1.61. The maximum absolute atomic E-state index is 12.5. The van der Waals surface area contributed by atoms with E-state index in [2.05, 4.69) is 30.4 Å². The molecule has 0 aromatic heterocycles. The fraction of sp³-hybridized carbons (Fsp3) is 0.409. The van der Waals surface area contributed by atoms with Crippen molar-refractivity contribution in [1.82, 2.24) is 5.32 Å². The van der Waals surface area contributed by atoms with Gasteiger partial charge < -0.3 is 10.1 Å². The minimum absolute atomic E-state index is 0.0239. The van der Waals surface area contributed by atoms with Crippen LogP contribution in [0, 0.1) is 13.8 Å². The van der Waals surface area contributed by atoms with Crippen LogP contribution in [0.3, 0.4) is 0 Å². The van der Waals surface area contributed by atoms with E-state index >= 15 is 0 Å². The number of carbonyl (C=O) groups excluding carboxylic acids is 1. The van der Waals surface area contributed by atoms with Gasteiger partial charge in [-0.05, 0) is 86.9 Å². The predicted octanol–water partition coefficient (Wildman–Crippen LogP) is 4.44. The van der Waals surface area contributed by atoms with Gasteiger partial charge in [0.25, 0.3) is 5.91 Å². The van der Waals surface area contributed by atoms with Crippen molar-refractivity contribution >= 4 is 5.91 Å². The SMILES string of the molecule is Cc1ccc(OC(C)C(=O)NC(C)c2ccc3c(c2)CCC3)cc1C. The van der Waals surface area contributed by atoms with Gasteiger partial charge in [-0.3, -0.25) is 4.79 Å². The fourth-order valence-corrected chi connectivity index (χ4v) is 3.32. The molecule has 0 saturated carbocycles.